The van der Waals surface area contributed by atoms with Gasteiger partial charge < -0.3 is 5.32 Å². The minimum Gasteiger partial charge on any atom is -0.371 e. The fraction of sp³-hybridized carbons (Fsp3) is 0.308. The molecule has 0 saturated carbocycles. The van der Waals surface area contributed by atoms with Crippen LogP contribution in [0.1, 0.15) is 24.5 Å². The first-order valence-electron chi connectivity index (χ1n) is 4.94. The quantitative estimate of drug-likeness (QED) is 0.758. The number of anilines is 1. The number of aryl methyl sites for hydroxylation is 1. The first-order chi connectivity index (χ1) is 7.21. The third-order valence-electron chi connectivity index (χ3n) is 2.31. The molecule has 1 N–H and O–H groups in total. The number of hydrogen-bond donors (Lipinski definition) is 1. The summed E-state index contributed by atoms with van der Waals surface area (Å²) in [6, 6.07) is 7.69. The Kier molecular flexibility index (Phi) is 3.77. The molecule has 0 heterocycles. The topological polar surface area (TPSA) is 35.8 Å². The number of hydrogen-bond acceptors (Lipinski definition) is 2. The van der Waals surface area contributed by atoms with Gasteiger partial charge in [0.15, 0.2) is 0 Å². The maximum atomic E-state index is 8.78. The van der Waals surface area contributed by atoms with Gasteiger partial charge in [-0.1, -0.05) is 18.9 Å². The average Bonchev–Trinajstić information content (AvgIpc) is 2.28. The molecule has 0 radical (unpaired) electrons. The van der Waals surface area contributed by atoms with E-state index >= 15 is 0 Å². The predicted molar refractivity (Wildman–Crippen MR) is 62.4 cm³/mol. The van der Waals surface area contributed by atoms with Crippen molar-refractivity contribution < 1.29 is 0 Å². The lowest BCUT2D eigenvalue weighted by atomic mass is 10.1. The van der Waals surface area contributed by atoms with E-state index < -0.39 is 0 Å². The zero-order valence-corrected chi connectivity index (χ0v) is 9.04. The Balaban J connectivity index is 2.95. The highest BCUT2D eigenvalue weighted by atomic mass is 14.9. The van der Waals surface area contributed by atoms with Crippen LogP contribution >= 0.6 is 0 Å². The molecule has 0 bridgehead atoms. The monoisotopic (exact) mass is 198 g/mol. The molecule has 76 valence electrons. The van der Waals surface area contributed by atoms with Crippen LogP contribution in [0.3, 0.4) is 0 Å². The molecule has 1 unspecified atom stereocenters. The van der Waals surface area contributed by atoms with E-state index in [2.05, 4.69) is 17.3 Å². The summed E-state index contributed by atoms with van der Waals surface area (Å²) in [5, 5.41) is 12.0. The average molecular weight is 198 g/mol. The lowest BCUT2D eigenvalue weighted by Crippen LogP contribution is -2.16. The number of nitriles is 1. The molecule has 0 spiro atoms. The number of terminal acetylenes is 1. The molecular formula is C13H14N2. The largest absolute Gasteiger partial charge is 0.371 e. The fourth-order valence-corrected chi connectivity index (χ4v) is 1.30. The molecule has 2 heteroatoms. The number of nitrogens with zero attached hydrogens (tertiary/aromatic N) is 1. The van der Waals surface area contributed by atoms with Gasteiger partial charge in [-0.25, -0.2) is 0 Å². The zero-order chi connectivity index (χ0) is 11.3. The molecule has 0 aliphatic heterocycles. The van der Waals surface area contributed by atoms with E-state index in [0.29, 0.717) is 5.56 Å². The third-order valence-corrected chi connectivity index (χ3v) is 2.31. The lowest BCUT2D eigenvalue weighted by molar-refractivity contribution is 0.856. The number of benzene rings is 1. The van der Waals surface area contributed by atoms with Crippen molar-refractivity contribution in [3.05, 3.63) is 29.3 Å². The van der Waals surface area contributed by atoms with Crippen molar-refractivity contribution in [1.29, 1.82) is 5.26 Å². The normalized spacial score (nSPS) is 11.2. The first kappa shape index (κ1) is 11.1. The molecule has 0 fully saturated rings. The predicted octanol–water partition coefficient (Wildman–Crippen LogP) is 2.69. The van der Waals surface area contributed by atoms with Gasteiger partial charge in [0.2, 0.25) is 0 Å². The fourth-order valence-electron chi connectivity index (χ4n) is 1.30. The van der Waals surface area contributed by atoms with Gasteiger partial charge in [0, 0.05) is 5.69 Å². The molecule has 0 saturated heterocycles. The summed E-state index contributed by atoms with van der Waals surface area (Å²) >= 11 is 0. The van der Waals surface area contributed by atoms with Gasteiger partial charge in [0.05, 0.1) is 17.7 Å². The Labute approximate surface area is 90.9 Å². The summed E-state index contributed by atoms with van der Waals surface area (Å²) in [5.74, 6) is 2.67. The van der Waals surface area contributed by atoms with Crippen molar-refractivity contribution >= 4 is 5.69 Å². The maximum Gasteiger partial charge on any atom is 0.0992 e. The smallest absolute Gasteiger partial charge is 0.0992 e. The van der Waals surface area contributed by atoms with Crippen molar-refractivity contribution in [2.24, 2.45) is 0 Å². The number of nitrogens with one attached hydrogen (secondary N) is 1. The lowest BCUT2D eigenvalue weighted by Gasteiger charge is -2.14. The molecule has 0 aliphatic rings. The van der Waals surface area contributed by atoms with Crippen LogP contribution in [0.15, 0.2) is 18.2 Å². The van der Waals surface area contributed by atoms with Crippen LogP contribution in [0.5, 0.6) is 0 Å². The van der Waals surface area contributed by atoms with E-state index in [1.165, 1.54) is 0 Å². The van der Waals surface area contributed by atoms with Gasteiger partial charge >= 0.3 is 0 Å². The Morgan fingerprint density at radius 3 is 2.80 bits per heavy atom. The standard InChI is InChI=1S/C13H14N2/c1-4-12(5-2)15-13-8-11(9-14)7-6-10(13)3/h1,6-8,12,15H,5H2,2-3H3. The van der Waals surface area contributed by atoms with E-state index in [9.17, 15) is 0 Å². The summed E-state index contributed by atoms with van der Waals surface area (Å²) in [6.45, 7) is 4.02. The molecule has 0 amide bonds. The Morgan fingerprint density at radius 1 is 1.53 bits per heavy atom. The van der Waals surface area contributed by atoms with Crippen LogP contribution in [0.4, 0.5) is 5.69 Å². The van der Waals surface area contributed by atoms with Gasteiger partial charge in [0.25, 0.3) is 0 Å². The van der Waals surface area contributed by atoms with Crippen LogP contribution in [-0.2, 0) is 0 Å². The molecule has 1 rings (SSSR count). The second kappa shape index (κ2) is 5.08. The first-order valence-corrected chi connectivity index (χ1v) is 4.94. The van der Waals surface area contributed by atoms with Crippen molar-refractivity contribution in [3.63, 3.8) is 0 Å². The number of rotatable bonds is 3. The minimum atomic E-state index is 0.0256. The molecule has 1 aromatic rings. The highest BCUT2D eigenvalue weighted by molar-refractivity contribution is 5.56. The van der Waals surface area contributed by atoms with Crippen LogP contribution in [0.2, 0.25) is 0 Å². The van der Waals surface area contributed by atoms with Gasteiger partial charge in [-0.3, -0.25) is 0 Å². The van der Waals surface area contributed by atoms with E-state index in [-0.39, 0.29) is 6.04 Å². The van der Waals surface area contributed by atoms with Crippen molar-refractivity contribution in [2.45, 2.75) is 26.3 Å². The van der Waals surface area contributed by atoms with Gasteiger partial charge in [-0.2, -0.15) is 5.26 Å². The molecule has 15 heavy (non-hydrogen) atoms. The van der Waals surface area contributed by atoms with Crippen molar-refractivity contribution in [2.75, 3.05) is 5.32 Å². The molecular weight excluding hydrogens is 184 g/mol. The van der Waals surface area contributed by atoms with E-state index in [4.69, 9.17) is 11.7 Å². The SMILES string of the molecule is C#CC(CC)Nc1cc(C#N)ccc1C. The molecule has 0 aromatic heterocycles. The summed E-state index contributed by atoms with van der Waals surface area (Å²) in [5.41, 5.74) is 2.69. The van der Waals surface area contributed by atoms with Gasteiger partial charge in [-0.15, -0.1) is 6.42 Å². The Morgan fingerprint density at radius 2 is 2.27 bits per heavy atom. The van der Waals surface area contributed by atoms with Crippen molar-refractivity contribution in [1.82, 2.24) is 0 Å². The molecule has 1 atom stereocenters. The molecule has 2 nitrogen and oxygen atoms in total. The van der Waals surface area contributed by atoms with Gasteiger partial charge in [-0.05, 0) is 31.0 Å². The summed E-state index contributed by atoms with van der Waals surface area (Å²) in [4.78, 5) is 0. The highest BCUT2D eigenvalue weighted by Crippen LogP contribution is 2.17. The summed E-state index contributed by atoms with van der Waals surface area (Å²) in [7, 11) is 0. The zero-order valence-electron chi connectivity index (χ0n) is 9.04. The Bertz CT molecular complexity index is 421. The summed E-state index contributed by atoms with van der Waals surface area (Å²) in [6.07, 6.45) is 6.24. The second-order valence-corrected chi connectivity index (χ2v) is 3.41. The maximum absolute atomic E-state index is 8.78. The van der Waals surface area contributed by atoms with E-state index in [1.807, 2.05) is 26.0 Å². The summed E-state index contributed by atoms with van der Waals surface area (Å²) < 4.78 is 0. The van der Waals surface area contributed by atoms with Crippen LogP contribution in [0.25, 0.3) is 0 Å². The van der Waals surface area contributed by atoms with Gasteiger partial charge in [0.1, 0.15) is 0 Å². The second-order valence-electron chi connectivity index (χ2n) is 3.41. The highest BCUT2D eigenvalue weighted by Gasteiger charge is 2.04. The van der Waals surface area contributed by atoms with Crippen LogP contribution in [0, 0.1) is 30.6 Å². The minimum absolute atomic E-state index is 0.0256. The molecule has 1 aromatic carbocycles. The Hall–Kier alpha value is -1.93. The van der Waals surface area contributed by atoms with E-state index in [0.717, 1.165) is 17.7 Å². The van der Waals surface area contributed by atoms with E-state index in [1.54, 1.807) is 6.07 Å². The van der Waals surface area contributed by atoms with Crippen LogP contribution < -0.4 is 5.32 Å². The molecule has 0 aliphatic carbocycles. The third kappa shape index (κ3) is 2.76. The van der Waals surface area contributed by atoms with Crippen molar-refractivity contribution in [3.8, 4) is 18.4 Å². The van der Waals surface area contributed by atoms with Crippen LogP contribution in [-0.4, -0.2) is 6.04 Å².